The van der Waals surface area contributed by atoms with Gasteiger partial charge in [-0.3, -0.25) is 4.79 Å². The first-order valence-electron chi connectivity index (χ1n) is 11.7. The van der Waals surface area contributed by atoms with Gasteiger partial charge >= 0.3 is 5.97 Å². The third kappa shape index (κ3) is 23.5. The lowest BCUT2D eigenvalue weighted by Crippen LogP contribution is -2.06. The van der Waals surface area contributed by atoms with E-state index in [-0.39, 0.29) is 5.97 Å². The van der Waals surface area contributed by atoms with E-state index < -0.39 is 0 Å². The van der Waals surface area contributed by atoms with Gasteiger partial charge in [-0.25, -0.2) is 0 Å². The number of carbonyl (C=O) groups excluding carboxylic acids is 1. The number of hydrogen-bond donors (Lipinski definition) is 1. The first kappa shape index (κ1) is 26.6. The number of unbranched alkanes of at least 4 members (excludes halogenated alkanes) is 15. The Labute approximate surface area is 175 Å². The zero-order valence-corrected chi connectivity index (χ0v) is 19.0. The van der Waals surface area contributed by atoms with Crippen LogP contribution in [0.1, 0.15) is 122 Å². The molecule has 2 nitrogen and oxygen atoms in total. The minimum absolute atomic E-state index is 0.0622. The lowest BCUT2D eigenvalue weighted by Gasteiger charge is -2.04. The smallest absolute Gasteiger partial charge is 0.305 e. The van der Waals surface area contributed by atoms with Crippen LogP contribution in [0, 0.1) is 0 Å². The van der Waals surface area contributed by atoms with Gasteiger partial charge < -0.3 is 4.74 Å². The maximum Gasteiger partial charge on any atom is 0.305 e. The van der Waals surface area contributed by atoms with E-state index in [0.717, 1.165) is 12.8 Å². The number of thiol groups is 1. The molecule has 0 radical (unpaired) electrons. The third-order valence-electron chi connectivity index (χ3n) is 4.98. The Bertz CT molecular complexity index is 328. The van der Waals surface area contributed by atoms with Crippen LogP contribution in [0.5, 0.6) is 0 Å². The van der Waals surface area contributed by atoms with E-state index in [4.69, 9.17) is 4.74 Å². The highest BCUT2D eigenvalue weighted by molar-refractivity contribution is 7.80. The lowest BCUT2D eigenvalue weighted by atomic mass is 10.0. The molecule has 0 fully saturated rings. The Kier molecular flexibility index (Phi) is 23.2. The van der Waals surface area contributed by atoms with Gasteiger partial charge in [-0.1, -0.05) is 103 Å². The third-order valence-corrected chi connectivity index (χ3v) is 5.16. The average molecular weight is 399 g/mol. The van der Waals surface area contributed by atoms with Crippen LogP contribution in [0.4, 0.5) is 0 Å². The minimum atomic E-state index is -0.0622. The van der Waals surface area contributed by atoms with Gasteiger partial charge in [0, 0.05) is 12.2 Å². The summed E-state index contributed by atoms with van der Waals surface area (Å²) in [6.45, 7) is 2.68. The molecule has 0 spiro atoms. The molecule has 0 aliphatic carbocycles. The Hall–Kier alpha value is -0.440. The zero-order valence-electron chi connectivity index (χ0n) is 18.1. The van der Waals surface area contributed by atoms with Gasteiger partial charge in [0.1, 0.15) is 6.61 Å². The Balaban J connectivity index is 3.08. The molecule has 0 N–H and O–H groups in total. The van der Waals surface area contributed by atoms with Crippen molar-refractivity contribution in [2.75, 3.05) is 12.4 Å². The number of hydrogen-bond acceptors (Lipinski definition) is 3. The molecule has 0 unspecified atom stereocenters. The van der Waals surface area contributed by atoms with Crippen molar-refractivity contribution in [3.8, 4) is 0 Å². The van der Waals surface area contributed by atoms with Crippen LogP contribution >= 0.6 is 12.6 Å². The molecule has 0 heterocycles. The van der Waals surface area contributed by atoms with Crippen molar-refractivity contribution in [1.29, 1.82) is 0 Å². The molecule has 160 valence electrons. The van der Waals surface area contributed by atoms with Crippen molar-refractivity contribution >= 4 is 18.6 Å². The molecule has 0 atom stereocenters. The fourth-order valence-electron chi connectivity index (χ4n) is 3.29. The highest BCUT2D eigenvalue weighted by Crippen LogP contribution is 2.14. The highest BCUT2D eigenvalue weighted by Gasteiger charge is 2.01. The van der Waals surface area contributed by atoms with E-state index in [2.05, 4.69) is 31.7 Å². The molecule has 27 heavy (non-hydrogen) atoms. The van der Waals surface area contributed by atoms with E-state index in [0.29, 0.717) is 18.8 Å². The predicted octanol–water partition coefficient (Wildman–Crippen LogP) is 8.06. The molecule has 0 aliphatic heterocycles. The summed E-state index contributed by atoms with van der Waals surface area (Å²) in [7, 11) is 0. The van der Waals surface area contributed by atoms with Crippen molar-refractivity contribution in [3.05, 3.63) is 12.2 Å². The van der Waals surface area contributed by atoms with E-state index in [1.54, 1.807) is 0 Å². The second-order valence-corrected chi connectivity index (χ2v) is 8.14. The Morgan fingerprint density at radius 2 is 1.15 bits per heavy atom. The van der Waals surface area contributed by atoms with Crippen LogP contribution in [0.15, 0.2) is 12.2 Å². The van der Waals surface area contributed by atoms with Crippen LogP contribution in [-0.4, -0.2) is 18.3 Å². The second-order valence-electron chi connectivity index (χ2n) is 7.69. The minimum Gasteiger partial charge on any atom is -0.465 e. The molecule has 0 saturated heterocycles. The van der Waals surface area contributed by atoms with Crippen molar-refractivity contribution < 1.29 is 9.53 Å². The molecule has 0 rings (SSSR count). The van der Waals surface area contributed by atoms with Crippen LogP contribution < -0.4 is 0 Å². The number of carbonyl (C=O) groups is 1. The average Bonchev–Trinajstić information content (AvgIpc) is 2.68. The first-order chi connectivity index (χ1) is 13.3. The summed E-state index contributed by atoms with van der Waals surface area (Å²) >= 11 is 4.03. The topological polar surface area (TPSA) is 26.3 Å². The maximum atomic E-state index is 11.3. The standard InChI is InChI=1S/C24H46O2S/c1-2-3-4-5-6-7-8-9-10-11-12-13-14-15-16-17-18-19-20-21-24(25)26-22-23-27/h4-5,27H,2-3,6-23H2,1H3/b5-4+. The molecular formula is C24H46O2S. The summed E-state index contributed by atoms with van der Waals surface area (Å²) in [6.07, 6.45) is 27.8. The van der Waals surface area contributed by atoms with Gasteiger partial charge in [-0.2, -0.15) is 12.6 Å². The SMILES string of the molecule is CCC/C=C/CCCCCCCCCCCCCCCCC(=O)OCCS. The molecule has 3 heteroatoms. The highest BCUT2D eigenvalue weighted by atomic mass is 32.1. The quantitative estimate of drug-likeness (QED) is 0.0915. The van der Waals surface area contributed by atoms with Gasteiger partial charge in [0.2, 0.25) is 0 Å². The van der Waals surface area contributed by atoms with E-state index in [1.165, 1.54) is 96.3 Å². The van der Waals surface area contributed by atoms with Gasteiger partial charge in [0.25, 0.3) is 0 Å². The molecule has 0 aromatic rings. The van der Waals surface area contributed by atoms with Crippen molar-refractivity contribution in [1.82, 2.24) is 0 Å². The normalized spacial score (nSPS) is 11.3. The molecule has 0 amide bonds. The lowest BCUT2D eigenvalue weighted by molar-refractivity contribution is -0.143. The van der Waals surface area contributed by atoms with Crippen LogP contribution in [-0.2, 0) is 9.53 Å². The number of allylic oxidation sites excluding steroid dienone is 2. The molecule has 0 aromatic carbocycles. The van der Waals surface area contributed by atoms with Gasteiger partial charge in [-0.05, 0) is 25.7 Å². The molecule has 0 aliphatic rings. The van der Waals surface area contributed by atoms with Crippen LogP contribution in [0.2, 0.25) is 0 Å². The Morgan fingerprint density at radius 3 is 1.63 bits per heavy atom. The maximum absolute atomic E-state index is 11.3. The van der Waals surface area contributed by atoms with Crippen LogP contribution in [0.25, 0.3) is 0 Å². The van der Waals surface area contributed by atoms with E-state index >= 15 is 0 Å². The van der Waals surface area contributed by atoms with Gasteiger partial charge in [0.05, 0.1) is 0 Å². The van der Waals surface area contributed by atoms with Gasteiger partial charge in [0.15, 0.2) is 0 Å². The first-order valence-corrected chi connectivity index (χ1v) is 12.4. The van der Waals surface area contributed by atoms with Crippen molar-refractivity contribution in [2.24, 2.45) is 0 Å². The second kappa shape index (κ2) is 23.6. The summed E-state index contributed by atoms with van der Waals surface area (Å²) in [5.74, 6) is 0.552. The van der Waals surface area contributed by atoms with Crippen molar-refractivity contribution in [2.45, 2.75) is 122 Å². The summed E-state index contributed by atoms with van der Waals surface area (Å²) in [4.78, 5) is 11.3. The number of ether oxygens (including phenoxy) is 1. The monoisotopic (exact) mass is 398 g/mol. The molecule has 0 aromatic heterocycles. The molecule has 0 bridgehead atoms. The predicted molar refractivity (Wildman–Crippen MR) is 123 cm³/mol. The van der Waals surface area contributed by atoms with Crippen molar-refractivity contribution in [3.63, 3.8) is 0 Å². The molecular weight excluding hydrogens is 352 g/mol. The van der Waals surface area contributed by atoms with Gasteiger partial charge in [-0.15, -0.1) is 0 Å². The van der Waals surface area contributed by atoms with Crippen LogP contribution in [0.3, 0.4) is 0 Å². The number of esters is 1. The summed E-state index contributed by atoms with van der Waals surface area (Å²) in [6, 6.07) is 0. The zero-order chi connectivity index (χ0) is 19.8. The summed E-state index contributed by atoms with van der Waals surface area (Å²) < 4.78 is 5.01. The molecule has 0 saturated carbocycles. The summed E-state index contributed by atoms with van der Waals surface area (Å²) in [5, 5.41) is 0. The fourth-order valence-corrected chi connectivity index (χ4v) is 3.38. The Morgan fingerprint density at radius 1 is 0.704 bits per heavy atom. The van der Waals surface area contributed by atoms with E-state index in [1.807, 2.05) is 0 Å². The summed E-state index contributed by atoms with van der Waals surface area (Å²) in [5.41, 5.74) is 0. The number of rotatable bonds is 21. The largest absolute Gasteiger partial charge is 0.465 e. The fraction of sp³-hybridized carbons (Fsp3) is 0.875. The van der Waals surface area contributed by atoms with E-state index in [9.17, 15) is 4.79 Å².